The van der Waals surface area contributed by atoms with Gasteiger partial charge in [0.25, 0.3) is 11.8 Å². The van der Waals surface area contributed by atoms with E-state index in [2.05, 4.69) is 30.9 Å². The van der Waals surface area contributed by atoms with E-state index in [9.17, 15) is 28.8 Å². The van der Waals surface area contributed by atoms with Crippen LogP contribution < -0.4 is 16.0 Å². The summed E-state index contributed by atoms with van der Waals surface area (Å²) in [6.07, 6.45) is 5.12. The number of aromatic nitrogens is 3. The molecular weight excluding hydrogens is 734 g/mol. The zero-order chi connectivity index (χ0) is 39.1. The van der Waals surface area contributed by atoms with Crippen LogP contribution >= 0.6 is 22.9 Å². The van der Waals surface area contributed by atoms with Gasteiger partial charge >= 0.3 is 0 Å². The van der Waals surface area contributed by atoms with E-state index in [1.165, 1.54) is 65.5 Å². The van der Waals surface area contributed by atoms with E-state index in [0.717, 1.165) is 16.5 Å². The first-order valence-electron chi connectivity index (χ1n) is 17.5. The second kappa shape index (κ2) is 17.6. The summed E-state index contributed by atoms with van der Waals surface area (Å²) >= 11 is 7.49. The number of H-pyrrole nitrogens is 1. The van der Waals surface area contributed by atoms with Crippen LogP contribution in [-0.4, -0.2) is 117 Å². The number of benzene rings is 1. The topological polar surface area (TPSA) is 190 Å². The van der Waals surface area contributed by atoms with E-state index in [0.29, 0.717) is 11.4 Å². The van der Waals surface area contributed by atoms with Crippen molar-refractivity contribution in [1.29, 1.82) is 0 Å². The first-order valence-corrected chi connectivity index (χ1v) is 18.8. The van der Waals surface area contributed by atoms with Crippen LogP contribution in [0.15, 0.2) is 54.3 Å². The Balaban J connectivity index is 1.47. The molecule has 0 unspecified atom stereocenters. The van der Waals surface area contributed by atoms with E-state index < -0.39 is 53.6 Å². The van der Waals surface area contributed by atoms with Crippen LogP contribution in [0.3, 0.4) is 0 Å². The van der Waals surface area contributed by atoms with Crippen LogP contribution in [0.5, 0.6) is 0 Å². The number of carbonyl (C=O) groups is 6. The highest BCUT2D eigenvalue weighted by Crippen LogP contribution is 2.26. The molecule has 17 heteroatoms. The third-order valence-electron chi connectivity index (χ3n) is 9.01. The first kappa shape index (κ1) is 39.8. The maximum atomic E-state index is 13.9. The van der Waals surface area contributed by atoms with E-state index >= 15 is 0 Å². The normalized spacial score (nSPS) is 20.1. The highest BCUT2D eigenvalue weighted by Gasteiger charge is 2.31. The van der Waals surface area contributed by atoms with Crippen molar-refractivity contribution in [2.75, 3.05) is 40.3 Å². The molecule has 2 bridgehead atoms. The monoisotopic (exact) mass is 777 g/mol. The van der Waals surface area contributed by atoms with Gasteiger partial charge in [0.2, 0.25) is 23.6 Å². The number of carbonyl (C=O) groups excluding carboxylic acids is 6. The van der Waals surface area contributed by atoms with Crippen molar-refractivity contribution in [2.24, 2.45) is 5.92 Å². The van der Waals surface area contributed by atoms with Crippen LogP contribution in [0.2, 0.25) is 5.02 Å². The molecule has 4 aromatic rings. The number of halogens is 1. The number of rotatable bonds is 5. The van der Waals surface area contributed by atoms with Crippen LogP contribution in [0, 0.1) is 5.92 Å². The van der Waals surface area contributed by atoms with Gasteiger partial charge in [-0.25, -0.2) is 4.98 Å². The fraction of sp³-hybridized carbons (Fsp3) is 0.405. The summed E-state index contributed by atoms with van der Waals surface area (Å²) in [5.74, 6) is -3.10. The molecule has 1 aromatic carbocycles. The van der Waals surface area contributed by atoms with Gasteiger partial charge in [0, 0.05) is 68.5 Å². The summed E-state index contributed by atoms with van der Waals surface area (Å²) in [6.45, 7) is 4.70. The van der Waals surface area contributed by atoms with E-state index in [-0.39, 0.29) is 54.8 Å². The number of pyridine rings is 1. The molecule has 0 fully saturated rings. The van der Waals surface area contributed by atoms with Crippen molar-refractivity contribution in [3.8, 4) is 0 Å². The van der Waals surface area contributed by atoms with E-state index in [4.69, 9.17) is 11.6 Å². The Hall–Kier alpha value is -5.35. The Morgan fingerprint density at radius 2 is 1.69 bits per heavy atom. The molecule has 0 saturated heterocycles. The third kappa shape index (κ3) is 9.79. The standard InChI is InChI=1S/C37H44ClN9O6S/c1-21(2)14-28-34-44-30(20-54-34)33(50)43-29(15-23-16-40-27-9-7-6-8-24(23)27)37(53)46(5)18-31(48)41-22(3)35(51)45(4)12-13-47(19-32(49)42-28)36(52)25-10-11-39-17-26(25)38/h6-11,16-17,20-22,28-29,40H,12-15,18-19H2,1-5H3,(H,41,48)(H,42,49)(H,43,50)/t22-,28-,29+/m0/s1. The Morgan fingerprint density at radius 1 is 0.944 bits per heavy atom. The van der Waals surface area contributed by atoms with Crippen molar-refractivity contribution in [2.45, 2.75) is 51.7 Å². The zero-order valence-corrected chi connectivity index (χ0v) is 32.3. The van der Waals surface area contributed by atoms with Gasteiger partial charge in [-0.1, -0.05) is 43.6 Å². The second-order valence-electron chi connectivity index (χ2n) is 13.7. The molecule has 15 nitrogen and oxygen atoms in total. The molecule has 0 aliphatic carbocycles. The van der Waals surface area contributed by atoms with Gasteiger partial charge in [-0.05, 0) is 37.0 Å². The number of hydrogen-bond acceptors (Lipinski definition) is 9. The summed E-state index contributed by atoms with van der Waals surface area (Å²) in [4.78, 5) is 97.1. The average Bonchev–Trinajstić information content (AvgIpc) is 3.79. The lowest BCUT2D eigenvalue weighted by Gasteiger charge is -2.28. The second-order valence-corrected chi connectivity index (χ2v) is 15.0. The summed E-state index contributed by atoms with van der Waals surface area (Å²) in [6, 6.07) is 6.36. The Morgan fingerprint density at radius 3 is 2.43 bits per heavy atom. The van der Waals surface area contributed by atoms with Gasteiger partial charge in [0.1, 0.15) is 22.8 Å². The largest absolute Gasteiger partial charge is 0.361 e. The molecule has 286 valence electrons. The molecule has 5 rings (SSSR count). The number of para-hydroxylation sites is 1. The number of nitrogens with one attached hydrogen (secondary N) is 4. The quantitative estimate of drug-likeness (QED) is 0.238. The van der Waals surface area contributed by atoms with Gasteiger partial charge in [-0.3, -0.25) is 33.8 Å². The van der Waals surface area contributed by atoms with Crippen LogP contribution in [0.4, 0.5) is 0 Å². The third-order valence-corrected chi connectivity index (χ3v) is 10.3. The molecule has 1 aliphatic rings. The molecule has 4 heterocycles. The summed E-state index contributed by atoms with van der Waals surface area (Å²) < 4.78 is 0. The number of thiazole rings is 1. The summed E-state index contributed by atoms with van der Waals surface area (Å²) in [5, 5.41) is 11.5. The molecule has 3 atom stereocenters. The van der Waals surface area contributed by atoms with Crippen molar-refractivity contribution in [3.05, 3.63) is 81.2 Å². The highest BCUT2D eigenvalue weighted by atomic mass is 35.5. The predicted octanol–water partition coefficient (Wildman–Crippen LogP) is 2.79. The SMILES string of the molecule is CC(C)C[C@@H]1NC(=O)CN(C(=O)c2ccncc2Cl)CCN(C)C(=O)[C@H](C)NC(=O)CN(C)C(=O)[C@@H](Cc2c[nH]c3ccccc23)NC(=O)c2csc1n2. The van der Waals surface area contributed by atoms with Crippen LogP contribution in [0.25, 0.3) is 10.9 Å². The van der Waals surface area contributed by atoms with Crippen LogP contribution in [-0.2, 0) is 25.6 Å². The zero-order valence-electron chi connectivity index (χ0n) is 30.7. The lowest BCUT2D eigenvalue weighted by molar-refractivity contribution is -0.138. The number of nitrogens with zero attached hydrogens (tertiary/aromatic N) is 5. The van der Waals surface area contributed by atoms with Crippen LogP contribution in [0.1, 0.15) is 64.7 Å². The van der Waals surface area contributed by atoms with Gasteiger partial charge in [-0.2, -0.15) is 0 Å². The van der Waals surface area contributed by atoms with Crippen molar-refractivity contribution in [3.63, 3.8) is 0 Å². The number of fused-ring (bicyclic) bond motifs is 3. The highest BCUT2D eigenvalue weighted by molar-refractivity contribution is 7.09. The van der Waals surface area contributed by atoms with Gasteiger partial charge in [-0.15, -0.1) is 11.3 Å². The molecule has 0 spiro atoms. The van der Waals surface area contributed by atoms with Gasteiger partial charge < -0.3 is 35.6 Å². The average molecular weight is 778 g/mol. The molecule has 54 heavy (non-hydrogen) atoms. The minimum atomic E-state index is -1.08. The van der Waals surface area contributed by atoms with Gasteiger partial charge in [0.15, 0.2) is 0 Å². The predicted molar refractivity (Wildman–Crippen MR) is 204 cm³/mol. The minimum Gasteiger partial charge on any atom is -0.361 e. The number of hydrogen-bond donors (Lipinski definition) is 4. The number of likely N-dealkylation sites (N-methyl/N-ethyl adjacent to an activating group) is 2. The maximum Gasteiger partial charge on any atom is 0.271 e. The molecule has 4 N–H and O–H groups in total. The fourth-order valence-electron chi connectivity index (χ4n) is 6.20. The van der Waals surface area contributed by atoms with E-state index in [1.54, 1.807) is 11.6 Å². The Kier molecular flexibility index (Phi) is 13.0. The molecule has 1 aliphatic heterocycles. The summed E-state index contributed by atoms with van der Waals surface area (Å²) in [5.41, 5.74) is 1.84. The van der Waals surface area contributed by atoms with E-state index in [1.807, 2.05) is 38.1 Å². The van der Waals surface area contributed by atoms with Gasteiger partial charge in [0.05, 0.1) is 29.7 Å². The fourth-order valence-corrected chi connectivity index (χ4v) is 7.26. The Labute approximate surface area is 321 Å². The molecule has 0 radical (unpaired) electrons. The lowest BCUT2D eigenvalue weighted by atomic mass is 10.0. The first-order chi connectivity index (χ1) is 25.7. The van der Waals surface area contributed by atoms with Crippen molar-refractivity contribution >= 4 is 69.3 Å². The smallest absolute Gasteiger partial charge is 0.271 e. The Bertz CT molecular complexity index is 2030. The number of aromatic amines is 1. The lowest BCUT2D eigenvalue weighted by Crippen LogP contribution is -2.53. The maximum absolute atomic E-state index is 13.9. The molecule has 0 saturated carbocycles. The summed E-state index contributed by atoms with van der Waals surface area (Å²) in [7, 11) is 2.97. The molecule has 6 amide bonds. The minimum absolute atomic E-state index is 0.0215. The van der Waals surface area contributed by atoms with Crippen molar-refractivity contribution in [1.82, 2.24) is 45.6 Å². The number of amides is 6. The van der Waals surface area contributed by atoms with Crippen molar-refractivity contribution < 1.29 is 28.8 Å². The molecule has 3 aromatic heterocycles. The molecular formula is C37H44ClN9O6S.